The Morgan fingerprint density at radius 2 is 2.18 bits per heavy atom. The highest BCUT2D eigenvalue weighted by molar-refractivity contribution is 9.10. The molecule has 0 saturated carbocycles. The van der Waals surface area contributed by atoms with Crippen LogP contribution in [0.5, 0.6) is 0 Å². The van der Waals surface area contributed by atoms with Gasteiger partial charge in [-0.25, -0.2) is 4.39 Å². The zero-order valence-electron chi connectivity index (χ0n) is 10.0. The van der Waals surface area contributed by atoms with Crippen LogP contribution in [0.3, 0.4) is 0 Å². The van der Waals surface area contributed by atoms with Gasteiger partial charge in [0.1, 0.15) is 5.82 Å². The highest BCUT2D eigenvalue weighted by Crippen LogP contribution is 2.18. The third-order valence-electron chi connectivity index (χ3n) is 2.13. The highest BCUT2D eigenvalue weighted by Gasteiger charge is 2.22. The van der Waals surface area contributed by atoms with Gasteiger partial charge in [0.15, 0.2) is 0 Å². The average Bonchev–Trinajstić information content (AvgIpc) is 2.15. The molecule has 0 heterocycles. The van der Waals surface area contributed by atoms with Crippen molar-refractivity contribution in [3.8, 4) is 0 Å². The lowest BCUT2D eigenvalue weighted by Crippen LogP contribution is -2.46. The van der Waals surface area contributed by atoms with E-state index in [1.165, 1.54) is 18.2 Å². The number of hydrogen-bond acceptors (Lipinski definition) is 2. The molecule has 0 fully saturated rings. The summed E-state index contributed by atoms with van der Waals surface area (Å²) in [4.78, 5) is 11.9. The van der Waals surface area contributed by atoms with E-state index in [2.05, 4.69) is 21.2 Å². The summed E-state index contributed by atoms with van der Waals surface area (Å²) in [6.07, 6.45) is 0. The molecule has 0 unspecified atom stereocenters. The quantitative estimate of drug-likeness (QED) is 0.929. The maximum atomic E-state index is 12.9. The second-order valence-electron chi connectivity index (χ2n) is 4.40. The largest absolute Gasteiger partial charge is 0.382 e. The van der Waals surface area contributed by atoms with Gasteiger partial charge >= 0.3 is 0 Å². The number of amides is 1. The number of carbonyl (C=O) groups excluding carboxylic acids is 1. The molecule has 0 aliphatic heterocycles. The fourth-order valence-electron chi connectivity index (χ4n) is 1.45. The van der Waals surface area contributed by atoms with Gasteiger partial charge in [-0.05, 0) is 48.0 Å². The Morgan fingerprint density at radius 3 is 2.71 bits per heavy atom. The number of carbonyl (C=O) groups is 1. The zero-order chi connectivity index (χ0) is 13.1. The first kappa shape index (κ1) is 14.1. The molecule has 0 aliphatic carbocycles. The van der Waals surface area contributed by atoms with Gasteiger partial charge in [-0.2, -0.15) is 0 Å². The van der Waals surface area contributed by atoms with E-state index in [1.54, 1.807) is 7.11 Å². The zero-order valence-corrected chi connectivity index (χ0v) is 11.6. The van der Waals surface area contributed by atoms with E-state index >= 15 is 0 Å². The Labute approximate surface area is 108 Å². The maximum absolute atomic E-state index is 12.9. The molecule has 5 heteroatoms. The van der Waals surface area contributed by atoms with Crippen molar-refractivity contribution in [1.29, 1.82) is 0 Å². The molecule has 0 bridgehead atoms. The number of nitrogens with one attached hydrogen (secondary N) is 1. The number of ether oxygens (including phenoxy) is 1. The summed E-state index contributed by atoms with van der Waals surface area (Å²) in [6.45, 7) is 4.11. The second kappa shape index (κ2) is 5.60. The van der Waals surface area contributed by atoms with E-state index in [4.69, 9.17) is 4.74 Å². The summed E-state index contributed by atoms with van der Waals surface area (Å²) in [5.74, 6) is -0.650. The second-order valence-corrected chi connectivity index (χ2v) is 5.25. The van der Waals surface area contributed by atoms with Crippen molar-refractivity contribution < 1.29 is 13.9 Å². The number of hydrogen-bond donors (Lipinski definition) is 1. The highest BCUT2D eigenvalue weighted by atomic mass is 79.9. The summed E-state index contributed by atoms with van der Waals surface area (Å²) < 4.78 is 18.3. The minimum atomic E-state index is -0.473. The summed E-state index contributed by atoms with van der Waals surface area (Å²) in [5.41, 5.74) is -0.0739. The van der Waals surface area contributed by atoms with Crippen LogP contribution in [-0.4, -0.2) is 25.2 Å². The van der Waals surface area contributed by atoms with Gasteiger partial charge in [0.25, 0.3) is 5.91 Å². The number of rotatable bonds is 4. The molecule has 94 valence electrons. The smallest absolute Gasteiger partial charge is 0.252 e. The van der Waals surface area contributed by atoms with Crippen molar-refractivity contribution in [2.24, 2.45) is 0 Å². The molecule has 0 radical (unpaired) electrons. The van der Waals surface area contributed by atoms with Crippen LogP contribution >= 0.6 is 15.9 Å². The molecule has 0 aromatic heterocycles. The Bertz CT molecular complexity index is 421. The average molecular weight is 304 g/mol. The van der Waals surface area contributed by atoms with E-state index in [0.717, 1.165) is 0 Å². The first-order valence-electron chi connectivity index (χ1n) is 5.12. The molecule has 0 atom stereocenters. The van der Waals surface area contributed by atoms with Crippen molar-refractivity contribution in [1.82, 2.24) is 5.32 Å². The van der Waals surface area contributed by atoms with Gasteiger partial charge in [-0.1, -0.05) is 0 Å². The molecule has 1 amide bonds. The first-order valence-corrected chi connectivity index (χ1v) is 5.91. The molecule has 1 N–H and O–H groups in total. The van der Waals surface area contributed by atoms with Gasteiger partial charge in [0.2, 0.25) is 0 Å². The van der Waals surface area contributed by atoms with Crippen molar-refractivity contribution in [3.05, 3.63) is 34.1 Å². The predicted molar refractivity (Wildman–Crippen MR) is 67.5 cm³/mol. The van der Waals surface area contributed by atoms with E-state index in [-0.39, 0.29) is 11.7 Å². The van der Waals surface area contributed by atoms with Crippen LogP contribution in [0.4, 0.5) is 4.39 Å². The molecule has 1 aromatic carbocycles. The van der Waals surface area contributed by atoms with E-state index in [0.29, 0.717) is 16.6 Å². The van der Waals surface area contributed by atoms with Gasteiger partial charge < -0.3 is 10.1 Å². The summed E-state index contributed by atoms with van der Waals surface area (Å²) in [5, 5.41) is 2.82. The molecular formula is C12H15BrFNO2. The van der Waals surface area contributed by atoms with Crippen LogP contribution in [0.25, 0.3) is 0 Å². The molecule has 0 saturated heterocycles. The van der Waals surface area contributed by atoms with Gasteiger partial charge in [-0.15, -0.1) is 0 Å². The lowest BCUT2D eigenvalue weighted by molar-refractivity contribution is 0.0819. The summed E-state index contributed by atoms with van der Waals surface area (Å²) in [6, 6.07) is 3.96. The monoisotopic (exact) mass is 303 g/mol. The van der Waals surface area contributed by atoms with Crippen LogP contribution < -0.4 is 5.32 Å². The fraction of sp³-hybridized carbons (Fsp3) is 0.417. The number of methoxy groups -OCH3 is 1. The van der Waals surface area contributed by atoms with Crippen LogP contribution in [0.2, 0.25) is 0 Å². The van der Waals surface area contributed by atoms with Gasteiger partial charge in [0, 0.05) is 11.6 Å². The SMILES string of the molecule is COCC(C)(C)NC(=O)c1ccc(F)cc1Br. The Balaban J connectivity index is 2.83. The van der Waals surface area contributed by atoms with Crippen molar-refractivity contribution in [2.45, 2.75) is 19.4 Å². The topological polar surface area (TPSA) is 38.3 Å². The molecule has 1 aromatic rings. The molecular weight excluding hydrogens is 289 g/mol. The van der Waals surface area contributed by atoms with Crippen LogP contribution in [0, 0.1) is 5.82 Å². The molecule has 3 nitrogen and oxygen atoms in total. The van der Waals surface area contributed by atoms with Crippen LogP contribution in [0.1, 0.15) is 24.2 Å². The minimum Gasteiger partial charge on any atom is -0.382 e. The van der Waals surface area contributed by atoms with Gasteiger partial charge in [0.05, 0.1) is 17.7 Å². The van der Waals surface area contributed by atoms with E-state index in [1.807, 2.05) is 13.8 Å². The van der Waals surface area contributed by atoms with E-state index in [9.17, 15) is 9.18 Å². The van der Waals surface area contributed by atoms with Crippen molar-refractivity contribution in [3.63, 3.8) is 0 Å². The third-order valence-corrected chi connectivity index (χ3v) is 2.79. The third kappa shape index (κ3) is 4.09. The standard InChI is InChI=1S/C12H15BrFNO2/c1-12(2,7-17-3)15-11(16)9-5-4-8(14)6-10(9)13/h4-6H,7H2,1-3H3,(H,15,16). The molecule has 17 heavy (non-hydrogen) atoms. The molecule has 0 aliphatic rings. The van der Waals surface area contributed by atoms with Crippen molar-refractivity contribution >= 4 is 21.8 Å². The lowest BCUT2D eigenvalue weighted by Gasteiger charge is -2.25. The normalized spacial score (nSPS) is 11.4. The fourth-order valence-corrected chi connectivity index (χ4v) is 1.98. The van der Waals surface area contributed by atoms with Crippen molar-refractivity contribution in [2.75, 3.05) is 13.7 Å². The Kier molecular flexibility index (Phi) is 4.65. The van der Waals surface area contributed by atoms with E-state index < -0.39 is 5.54 Å². The van der Waals surface area contributed by atoms with Crippen LogP contribution in [-0.2, 0) is 4.74 Å². The minimum absolute atomic E-state index is 0.265. The number of benzene rings is 1. The number of halogens is 2. The lowest BCUT2D eigenvalue weighted by atomic mass is 10.1. The molecule has 1 rings (SSSR count). The first-order chi connectivity index (χ1) is 7.85. The molecule has 0 spiro atoms. The summed E-state index contributed by atoms with van der Waals surface area (Å²) >= 11 is 3.16. The summed E-state index contributed by atoms with van der Waals surface area (Å²) in [7, 11) is 1.57. The maximum Gasteiger partial charge on any atom is 0.252 e. The van der Waals surface area contributed by atoms with Crippen LogP contribution in [0.15, 0.2) is 22.7 Å². The predicted octanol–water partition coefficient (Wildman–Crippen LogP) is 2.74. The Morgan fingerprint density at radius 1 is 1.53 bits per heavy atom. The van der Waals surface area contributed by atoms with Gasteiger partial charge in [-0.3, -0.25) is 4.79 Å². The Hall–Kier alpha value is -0.940.